The lowest BCUT2D eigenvalue weighted by Gasteiger charge is -2.27. The van der Waals surface area contributed by atoms with Crippen molar-refractivity contribution in [3.8, 4) is 27.9 Å². The molecule has 0 aliphatic rings. The van der Waals surface area contributed by atoms with E-state index in [2.05, 4.69) is 240 Å². The average molecular weight is 763 g/mol. The van der Waals surface area contributed by atoms with E-state index in [4.69, 9.17) is 0 Å². The van der Waals surface area contributed by atoms with Gasteiger partial charge in [0.1, 0.15) is 0 Å². The molecule has 0 fully saturated rings. The Balaban J connectivity index is 1.04. The van der Waals surface area contributed by atoms with Gasteiger partial charge in [0.2, 0.25) is 0 Å². The van der Waals surface area contributed by atoms with E-state index in [0.717, 1.165) is 22.7 Å². The number of hydrogen-bond donors (Lipinski definition) is 0. The standard InChI is InChI=1S/C58H38N2/c1-2-19-45(20-3-1)60-56-27-13-26-50(57(56)54-35-31-40-15-6-9-23-51(40)58(54)60)43-18-12-21-47(37-43)59(48-34-28-39-14-4-5-16-42(39)36-48)46-32-29-41(30-33-46)55-38-44-17-7-8-22-49(44)52-24-10-11-25-53(52)55/h1-38H. The quantitative estimate of drug-likeness (QED) is 0.153. The molecule has 0 spiro atoms. The molecule has 0 radical (unpaired) electrons. The number of benzene rings is 11. The second-order valence-corrected chi connectivity index (χ2v) is 15.7. The molecule has 0 amide bonds. The van der Waals surface area contributed by atoms with Crippen molar-refractivity contribution in [2.24, 2.45) is 0 Å². The Hall–Kier alpha value is -7.94. The number of hydrogen-bond acceptors (Lipinski definition) is 1. The van der Waals surface area contributed by atoms with Gasteiger partial charge >= 0.3 is 0 Å². The van der Waals surface area contributed by atoms with Crippen LogP contribution in [-0.4, -0.2) is 4.57 Å². The van der Waals surface area contributed by atoms with Crippen molar-refractivity contribution in [2.75, 3.05) is 4.90 Å². The molecule has 0 aliphatic heterocycles. The zero-order chi connectivity index (χ0) is 39.6. The van der Waals surface area contributed by atoms with E-state index in [-0.39, 0.29) is 0 Å². The summed E-state index contributed by atoms with van der Waals surface area (Å²) in [6.45, 7) is 0. The highest BCUT2D eigenvalue weighted by Crippen LogP contribution is 2.44. The Kier molecular flexibility index (Phi) is 7.89. The highest BCUT2D eigenvalue weighted by molar-refractivity contribution is 6.22. The van der Waals surface area contributed by atoms with Crippen LogP contribution in [0.3, 0.4) is 0 Å². The van der Waals surface area contributed by atoms with Gasteiger partial charge in [0, 0.05) is 38.9 Å². The highest BCUT2D eigenvalue weighted by atomic mass is 15.1. The molecule has 280 valence electrons. The predicted molar refractivity (Wildman–Crippen MR) is 256 cm³/mol. The smallest absolute Gasteiger partial charge is 0.0619 e. The molecular weight excluding hydrogens is 725 g/mol. The summed E-state index contributed by atoms with van der Waals surface area (Å²) in [6.07, 6.45) is 0. The summed E-state index contributed by atoms with van der Waals surface area (Å²) in [5, 5.41) is 12.5. The van der Waals surface area contributed by atoms with E-state index in [1.807, 2.05) is 0 Å². The molecule has 1 heterocycles. The number of anilines is 3. The monoisotopic (exact) mass is 762 g/mol. The van der Waals surface area contributed by atoms with Gasteiger partial charge in [-0.3, -0.25) is 0 Å². The maximum atomic E-state index is 2.45. The molecule has 0 bridgehead atoms. The Morgan fingerprint density at radius 2 is 0.933 bits per heavy atom. The van der Waals surface area contributed by atoms with Crippen LogP contribution in [0.4, 0.5) is 17.1 Å². The van der Waals surface area contributed by atoms with Gasteiger partial charge in [-0.1, -0.05) is 170 Å². The zero-order valence-electron chi connectivity index (χ0n) is 32.8. The van der Waals surface area contributed by atoms with E-state index < -0.39 is 0 Å². The predicted octanol–water partition coefficient (Wildman–Crippen LogP) is 16.2. The Morgan fingerprint density at radius 1 is 0.300 bits per heavy atom. The first kappa shape index (κ1) is 34.1. The van der Waals surface area contributed by atoms with Gasteiger partial charge < -0.3 is 9.47 Å². The summed E-state index contributed by atoms with van der Waals surface area (Å²) >= 11 is 0. The number of nitrogens with zero attached hydrogens (tertiary/aromatic N) is 2. The minimum absolute atomic E-state index is 1.10. The lowest BCUT2D eigenvalue weighted by molar-refractivity contribution is 1.19. The van der Waals surface area contributed by atoms with Crippen molar-refractivity contribution in [1.82, 2.24) is 4.57 Å². The number of fused-ring (bicyclic) bond motifs is 9. The molecule has 11 aromatic carbocycles. The Labute approximate surface area is 348 Å². The summed E-state index contributed by atoms with van der Waals surface area (Å²) in [5.74, 6) is 0. The van der Waals surface area contributed by atoms with Crippen LogP contribution >= 0.6 is 0 Å². The summed E-state index contributed by atoms with van der Waals surface area (Å²) in [6, 6.07) is 84.3. The molecule has 0 saturated heterocycles. The van der Waals surface area contributed by atoms with E-state index in [1.165, 1.54) is 87.1 Å². The van der Waals surface area contributed by atoms with E-state index in [1.54, 1.807) is 0 Å². The minimum atomic E-state index is 1.10. The van der Waals surface area contributed by atoms with Crippen molar-refractivity contribution in [3.05, 3.63) is 231 Å². The SMILES string of the molecule is c1ccc(-n2c3cccc(-c4cccc(N(c5ccc(-c6cc7ccccc7c7ccccc67)cc5)c5ccc6ccccc6c5)c4)c3c3ccc4ccccc4c32)cc1. The number of aromatic nitrogens is 1. The fourth-order valence-electron chi connectivity index (χ4n) is 9.57. The van der Waals surface area contributed by atoms with E-state index >= 15 is 0 Å². The molecule has 0 aliphatic carbocycles. The third-order valence-electron chi connectivity index (χ3n) is 12.3. The molecule has 12 aromatic rings. The zero-order valence-corrected chi connectivity index (χ0v) is 32.8. The van der Waals surface area contributed by atoms with Gasteiger partial charge in [-0.05, 0) is 121 Å². The Bertz CT molecular complexity index is 3600. The molecule has 1 aromatic heterocycles. The molecule has 12 rings (SSSR count). The van der Waals surface area contributed by atoms with E-state index in [9.17, 15) is 0 Å². The summed E-state index contributed by atoms with van der Waals surface area (Å²) in [7, 11) is 0. The number of rotatable bonds is 6. The molecule has 60 heavy (non-hydrogen) atoms. The molecule has 0 N–H and O–H groups in total. The third kappa shape index (κ3) is 5.50. The van der Waals surface area contributed by atoms with Crippen LogP contribution in [0.15, 0.2) is 231 Å². The van der Waals surface area contributed by atoms with Crippen LogP contribution in [0.1, 0.15) is 0 Å². The van der Waals surface area contributed by atoms with Crippen LogP contribution in [0.25, 0.3) is 92.8 Å². The van der Waals surface area contributed by atoms with Crippen molar-refractivity contribution in [1.29, 1.82) is 0 Å². The van der Waals surface area contributed by atoms with Crippen molar-refractivity contribution < 1.29 is 0 Å². The van der Waals surface area contributed by atoms with Crippen molar-refractivity contribution >= 4 is 82.0 Å². The topological polar surface area (TPSA) is 8.17 Å². The maximum Gasteiger partial charge on any atom is 0.0619 e. The van der Waals surface area contributed by atoms with Gasteiger partial charge in [-0.2, -0.15) is 0 Å². The molecular formula is C58H38N2. The van der Waals surface area contributed by atoms with Crippen LogP contribution in [-0.2, 0) is 0 Å². The summed E-state index contributed by atoms with van der Waals surface area (Å²) < 4.78 is 2.45. The molecule has 2 nitrogen and oxygen atoms in total. The second kappa shape index (κ2) is 13.9. The Morgan fingerprint density at radius 3 is 1.77 bits per heavy atom. The van der Waals surface area contributed by atoms with Crippen molar-refractivity contribution in [3.63, 3.8) is 0 Å². The van der Waals surface area contributed by atoms with E-state index in [0.29, 0.717) is 0 Å². The largest absolute Gasteiger partial charge is 0.310 e. The van der Waals surface area contributed by atoms with Gasteiger partial charge in [0.15, 0.2) is 0 Å². The second-order valence-electron chi connectivity index (χ2n) is 15.7. The normalized spacial score (nSPS) is 11.7. The van der Waals surface area contributed by atoms with Gasteiger partial charge in [0.25, 0.3) is 0 Å². The third-order valence-corrected chi connectivity index (χ3v) is 12.3. The lowest BCUT2D eigenvalue weighted by atomic mass is 9.93. The van der Waals surface area contributed by atoms with Gasteiger partial charge in [-0.15, -0.1) is 0 Å². The van der Waals surface area contributed by atoms with Crippen LogP contribution < -0.4 is 4.90 Å². The highest BCUT2D eigenvalue weighted by Gasteiger charge is 2.20. The molecule has 2 heteroatoms. The lowest BCUT2D eigenvalue weighted by Crippen LogP contribution is -2.10. The fourth-order valence-corrected chi connectivity index (χ4v) is 9.57. The summed E-state index contributed by atoms with van der Waals surface area (Å²) in [4.78, 5) is 2.40. The molecule has 0 atom stereocenters. The average Bonchev–Trinajstić information content (AvgIpc) is 3.67. The van der Waals surface area contributed by atoms with Crippen LogP contribution in [0, 0.1) is 0 Å². The number of para-hydroxylation sites is 1. The van der Waals surface area contributed by atoms with Crippen LogP contribution in [0.2, 0.25) is 0 Å². The van der Waals surface area contributed by atoms with Gasteiger partial charge in [-0.25, -0.2) is 0 Å². The first-order chi connectivity index (χ1) is 29.8. The van der Waals surface area contributed by atoms with Crippen LogP contribution in [0.5, 0.6) is 0 Å². The minimum Gasteiger partial charge on any atom is -0.310 e. The first-order valence-corrected chi connectivity index (χ1v) is 20.7. The maximum absolute atomic E-state index is 2.45. The first-order valence-electron chi connectivity index (χ1n) is 20.7. The fraction of sp³-hybridized carbons (Fsp3) is 0. The molecule has 0 unspecified atom stereocenters. The van der Waals surface area contributed by atoms with Gasteiger partial charge in [0.05, 0.1) is 11.0 Å². The van der Waals surface area contributed by atoms with Crippen molar-refractivity contribution in [2.45, 2.75) is 0 Å². The molecule has 0 saturated carbocycles. The summed E-state index contributed by atoms with van der Waals surface area (Å²) in [5.41, 5.74) is 11.7.